The van der Waals surface area contributed by atoms with Crippen molar-refractivity contribution in [3.8, 4) is 0 Å². The molecule has 0 aromatic carbocycles. The summed E-state index contributed by atoms with van der Waals surface area (Å²) >= 11 is 0. The summed E-state index contributed by atoms with van der Waals surface area (Å²) in [4.78, 5) is 12.3. The van der Waals surface area contributed by atoms with Gasteiger partial charge < -0.3 is 11.1 Å². The van der Waals surface area contributed by atoms with Crippen molar-refractivity contribution in [3.63, 3.8) is 0 Å². The quantitative estimate of drug-likeness (QED) is 0.776. The largest absolute Gasteiger partial charge is 0.350 e. The normalized spacial score (nSPS) is 25.6. The Kier molecular flexibility index (Phi) is 5.44. The zero-order chi connectivity index (χ0) is 12.9. The van der Waals surface area contributed by atoms with Crippen molar-refractivity contribution in [3.05, 3.63) is 0 Å². The molecule has 1 fully saturated rings. The lowest BCUT2D eigenvalue weighted by molar-refractivity contribution is -0.128. The number of nitrogens with one attached hydrogen (secondary N) is 1. The Morgan fingerprint density at radius 3 is 2.18 bits per heavy atom. The zero-order valence-electron chi connectivity index (χ0n) is 11.6. The minimum absolute atomic E-state index is 0.0196. The highest BCUT2D eigenvalue weighted by Crippen LogP contribution is 2.26. The maximum absolute atomic E-state index is 12.3. The Labute approximate surface area is 106 Å². The van der Waals surface area contributed by atoms with Crippen molar-refractivity contribution in [2.24, 2.45) is 11.7 Å². The lowest BCUT2D eigenvalue weighted by Crippen LogP contribution is -2.53. The van der Waals surface area contributed by atoms with Gasteiger partial charge in [0.2, 0.25) is 5.91 Å². The van der Waals surface area contributed by atoms with Crippen LogP contribution >= 0.6 is 0 Å². The third kappa shape index (κ3) is 3.44. The summed E-state index contributed by atoms with van der Waals surface area (Å²) in [5.41, 5.74) is 6.04. The maximum Gasteiger partial charge on any atom is 0.225 e. The molecule has 3 N–H and O–H groups in total. The summed E-state index contributed by atoms with van der Waals surface area (Å²) in [6, 6.07) is 0.0621. The molecule has 0 aliphatic heterocycles. The Balaban J connectivity index is 2.63. The van der Waals surface area contributed by atoms with Crippen LogP contribution in [0.25, 0.3) is 0 Å². The number of nitrogens with two attached hydrogens (primary N) is 1. The minimum Gasteiger partial charge on any atom is -0.350 e. The van der Waals surface area contributed by atoms with Crippen molar-refractivity contribution in [1.82, 2.24) is 5.32 Å². The van der Waals surface area contributed by atoms with Gasteiger partial charge in [-0.2, -0.15) is 0 Å². The van der Waals surface area contributed by atoms with Crippen LogP contribution in [0.2, 0.25) is 0 Å². The number of hydrogen-bond acceptors (Lipinski definition) is 2. The van der Waals surface area contributed by atoms with Crippen LogP contribution in [0.4, 0.5) is 0 Å². The zero-order valence-corrected chi connectivity index (χ0v) is 11.6. The first kappa shape index (κ1) is 14.5. The molecular formula is C14H28N2O. The molecule has 3 heteroatoms. The maximum atomic E-state index is 12.3. The second kappa shape index (κ2) is 6.39. The van der Waals surface area contributed by atoms with Gasteiger partial charge in [0.1, 0.15) is 0 Å². The van der Waals surface area contributed by atoms with Crippen LogP contribution in [0, 0.1) is 5.92 Å². The molecule has 0 radical (unpaired) electrons. The van der Waals surface area contributed by atoms with Crippen LogP contribution in [0.3, 0.4) is 0 Å². The fourth-order valence-electron chi connectivity index (χ4n) is 2.85. The van der Waals surface area contributed by atoms with Crippen molar-refractivity contribution in [1.29, 1.82) is 0 Å². The van der Waals surface area contributed by atoms with Crippen LogP contribution < -0.4 is 11.1 Å². The first-order valence-corrected chi connectivity index (χ1v) is 7.16. The fourth-order valence-corrected chi connectivity index (χ4v) is 2.85. The minimum atomic E-state index is -0.0196. The van der Waals surface area contributed by atoms with E-state index in [2.05, 4.69) is 26.1 Å². The standard InChI is InChI=1S/C14H28N2O/c1-4-14(5-2,6-3)16-13(17)11-9-7-8-10-12(11)15/h11-12H,4-10,15H2,1-3H3,(H,16,17). The molecule has 0 heterocycles. The molecule has 0 saturated heterocycles. The van der Waals surface area contributed by atoms with Crippen LogP contribution in [-0.2, 0) is 4.79 Å². The van der Waals surface area contributed by atoms with Crippen molar-refractivity contribution < 1.29 is 4.79 Å². The van der Waals surface area contributed by atoms with Gasteiger partial charge in [0.15, 0.2) is 0 Å². The molecule has 0 spiro atoms. The topological polar surface area (TPSA) is 55.1 Å². The van der Waals surface area contributed by atoms with Gasteiger partial charge in [0.05, 0.1) is 5.92 Å². The summed E-state index contributed by atoms with van der Waals surface area (Å²) < 4.78 is 0. The molecule has 0 bridgehead atoms. The van der Waals surface area contributed by atoms with E-state index in [1.165, 1.54) is 6.42 Å². The fraction of sp³-hybridized carbons (Fsp3) is 0.929. The van der Waals surface area contributed by atoms with Gasteiger partial charge in [-0.15, -0.1) is 0 Å². The molecule has 0 aromatic rings. The molecule has 3 nitrogen and oxygen atoms in total. The first-order chi connectivity index (χ1) is 8.08. The van der Waals surface area contributed by atoms with Crippen LogP contribution in [-0.4, -0.2) is 17.5 Å². The smallest absolute Gasteiger partial charge is 0.225 e. The molecule has 1 saturated carbocycles. The highest BCUT2D eigenvalue weighted by atomic mass is 16.2. The number of carbonyl (C=O) groups is 1. The molecule has 17 heavy (non-hydrogen) atoms. The second-order valence-corrected chi connectivity index (χ2v) is 5.39. The van der Waals surface area contributed by atoms with E-state index >= 15 is 0 Å². The number of carbonyl (C=O) groups excluding carboxylic acids is 1. The van der Waals surface area contributed by atoms with Gasteiger partial charge in [0.25, 0.3) is 0 Å². The van der Waals surface area contributed by atoms with Gasteiger partial charge in [0, 0.05) is 11.6 Å². The molecule has 100 valence electrons. The number of amides is 1. The first-order valence-electron chi connectivity index (χ1n) is 7.16. The average molecular weight is 240 g/mol. The summed E-state index contributed by atoms with van der Waals surface area (Å²) in [5.74, 6) is 0.218. The van der Waals surface area contributed by atoms with Crippen molar-refractivity contribution in [2.45, 2.75) is 77.3 Å². The lowest BCUT2D eigenvalue weighted by atomic mass is 9.82. The van der Waals surface area contributed by atoms with Gasteiger partial charge in [-0.3, -0.25) is 4.79 Å². The third-order valence-corrected chi connectivity index (χ3v) is 4.57. The molecule has 1 amide bonds. The highest BCUT2D eigenvalue weighted by Gasteiger charge is 2.33. The van der Waals surface area contributed by atoms with E-state index in [1.54, 1.807) is 0 Å². The summed E-state index contributed by atoms with van der Waals surface area (Å²) in [6.45, 7) is 6.44. The van der Waals surface area contributed by atoms with E-state index in [4.69, 9.17) is 5.73 Å². The van der Waals surface area contributed by atoms with Crippen molar-refractivity contribution in [2.75, 3.05) is 0 Å². The van der Waals surface area contributed by atoms with Gasteiger partial charge in [-0.25, -0.2) is 0 Å². The van der Waals surface area contributed by atoms with Crippen LogP contribution in [0.15, 0.2) is 0 Å². The molecule has 0 aromatic heterocycles. The predicted octanol–water partition coefficient (Wildman–Crippen LogP) is 2.59. The predicted molar refractivity (Wildman–Crippen MR) is 71.7 cm³/mol. The van der Waals surface area contributed by atoms with Crippen molar-refractivity contribution >= 4 is 5.91 Å². The Morgan fingerprint density at radius 2 is 1.71 bits per heavy atom. The lowest BCUT2D eigenvalue weighted by Gasteiger charge is -2.36. The highest BCUT2D eigenvalue weighted by molar-refractivity contribution is 5.80. The molecule has 1 rings (SSSR count). The van der Waals surface area contributed by atoms with E-state index in [0.717, 1.165) is 38.5 Å². The monoisotopic (exact) mass is 240 g/mol. The van der Waals surface area contributed by atoms with Gasteiger partial charge >= 0.3 is 0 Å². The van der Waals surface area contributed by atoms with E-state index in [1.807, 2.05) is 0 Å². The SMILES string of the molecule is CCC(CC)(CC)NC(=O)C1CCCCC1N. The summed E-state index contributed by atoms with van der Waals surface area (Å²) in [7, 11) is 0. The summed E-state index contributed by atoms with van der Waals surface area (Å²) in [5, 5.41) is 3.26. The Hall–Kier alpha value is -0.570. The van der Waals surface area contributed by atoms with E-state index in [-0.39, 0.29) is 23.4 Å². The molecular weight excluding hydrogens is 212 g/mol. The second-order valence-electron chi connectivity index (χ2n) is 5.39. The Bertz CT molecular complexity index is 240. The van der Waals surface area contributed by atoms with Gasteiger partial charge in [-0.1, -0.05) is 33.6 Å². The average Bonchev–Trinajstić information content (AvgIpc) is 2.36. The molecule has 1 aliphatic carbocycles. The third-order valence-electron chi connectivity index (χ3n) is 4.57. The van der Waals surface area contributed by atoms with Gasteiger partial charge in [-0.05, 0) is 32.1 Å². The molecule has 2 unspecified atom stereocenters. The van der Waals surface area contributed by atoms with E-state index in [9.17, 15) is 4.79 Å². The summed E-state index contributed by atoms with van der Waals surface area (Å²) in [6.07, 6.45) is 7.25. The Morgan fingerprint density at radius 1 is 1.18 bits per heavy atom. The number of hydrogen-bond donors (Lipinski definition) is 2. The number of rotatable bonds is 5. The van der Waals surface area contributed by atoms with Crippen LogP contribution in [0.5, 0.6) is 0 Å². The molecule has 1 aliphatic rings. The van der Waals surface area contributed by atoms with E-state index < -0.39 is 0 Å². The molecule has 2 atom stereocenters. The van der Waals surface area contributed by atoms with E-state index in [0.29, 0.717) is 0 Å². The van der Waals surface area contributed by atoms with Crippen LogP contribution in [0.1, 0.15) is 65.7 Å².